The molecule has 36 heavy (non-hydrogen) atoms. The van der Waals surface area contributed by atoms with Crippen molar-refractivity contribution >= 4 is 38.1 Å². The van der Waals surface area contributed by atoms with Gasteiger partial charge < -0.3 is 0 Å². The lowest BCUT2D eigenvalue weighted by molar-refractivity contribution is 0.803. The van der Waals surface area contributed by atoms with E-state index in [4.69, 9.17) is 19.9 Å². The van der Waals surface area contributed by atoms with Crippen molar-refractivity contribution in [3.63, 3.8) is 0 Å². The number of fused-ring (bicyclic) bond motifs is 1. The molecule has 0 spiro atoms. The summed E-state index contributed by atoms with van der Waals surface area (Å²) in [6.07, 6.45) is 0. The van der Waals surface area contributed by atoms with Gasteiger partial charge in [0, 0.05) is 5.56 Å². The third-order valence-electron chi connectivity index (χ3n) is 6.60. The first kappa shape index (κ1) is 26.4. The van der Waals surface area contributed by atoms with Gasteiger partial charge in [0.05, 0.1) is 16.7 Å². The zero-order chi connectivity index (χ0) is 26.6. The summed E-state index contributed by atoms with van der Waals surface area (Å²) < 4.78 is 2.35. The van der Waals surface area contributed by atoms with Crippen molar-refractivity contribution in [1.82, 2.24) is 24.5 Å². The zero-order valence-corrected chi connectivity index (χ0v) is 25.9. The number of aromatic nitrogens is 5. The quantitative estimate of drug-likeness (QED) is 0.274. The number of nitrogens with zero attached hydrogens (tertiary/aromatic N) is 5. The van der Waals surface area contributed by atoms with Crippen LogP contribution in [0.1, 0.15) is 56.5 Å². The summed E-state index contributed by atoms with van der Waals surface area (Å²) in [5.74, 6) is 2.48. The van der Waals surface area contributed by atoms with Crippen LogP contribution in [0.4, 0.5) is 0 Å². The van der Waals surface area contributed by atoms with E-state index in [0.29, 0.717) is 11.8 Å². The van der Waals surface area contributed by atoms with Crippen LogP contribution in [0.15, 0.2) is 36.4 Å². The molecule has 0 saturated heterocycles. The molecule has 0 atom stereocenters. The normalized spacial score (nSPS) is 12.8. The van der Waals surface area contributed by atoms with E-state index in [0.717, 1.165) is 39.1 Å². The highest BCUT2D eigenvalue weighted by atomic mass is 28.3. The molecule has 0 aliphatic heterocycles. The van der Waals surface area contributed by atoms with Crippen molar-refractivity contribution in [2.45, 2.75) is 85.7 Å². The van der Waals surface area contributed by atoms with Gasteiger partial charge in [-0.25, -0.2) is 19.9 Å². The van der Waals surface area contributed by atoms with Gasteiger partial charge in [-0.2, -0.15) is 0 Å². The minimum absolute atomic E-state index is 0.327. The Morgan fingerprint density at radius 3 is 1.67 bits per heavy atom. The third-order valence-corrected chi connectivity index (χ3v) is 9.73. The average Bonchev–Trinajstić information content (AvgIpc) is 3.11. The van der Waals surface area contributed by atoms with Crippen LogP contribution in [0.5, 0.6) is 0 Å². The highest BCUT2D eigenvalue weighted by Crippen LogP contribution is 2.37. The fourth-order valence-electron chi connectivity index (χ4n) is 4.55. The molecule has 0 N–H and O–H groups in total. The van der Waals surface area contributed by atoms with Crippen LogP contribution in [-0.2, 0) is 0 Å². The Hall–Kier alpha value is -2.65. The van der Waals surface area contributed by atoms with Crippen molar-refractivity contribution in [3.05, 3.63) is 53.3 Å². The summed E-state index contributed by atoms with van der Waals surface area (Å²) in [7, 11) is -3.45. The van der Waals surface area contributed by atoms with Gasteiger partial charge in [-0.3, -0.25) is 4.57 Å². The number of hydrogen-bond acceptors (Lipinski definition) is 4. The van der Waals surface area contributed by atoms with Crippen LogP contribution in [0.3, 0.4) is 0 Å². The summed E-state index contributed by atoms with van der Waals surface area (Å²) in [6, 6.07) is 13.1. The SMILES string of the molecule is Cc1nc2ccccc2n1-c1c(C(C)C)cc(-c2nc([Si](C)(C)C)nc([Si](C)(C)C)n2)cc1C(C)C. The number of aryl methyl sites for hydroxylation is 1. The topological polar surface area (TPSA) is 56.5 Å². The Labute approximate surface area is 218 Å². The largest absolute Gasteiger partial charge is 0.296 e. The van der Waals surface area contributed by atoms with Gasteiger partial charge in [0.15, 0.2) is 5.82 Å². The van der Waals surface area contributed by atoms with Gasteiger partial charge in [0.25, 0.3) is 0 Å². The van der Waals surface area contributed by atoms with E-state index in [1.165, 1.54) is 16.8 Å². The maximum Gasteiger partial charge on any atom is 0.162 e. The van der Waals surface area contributed by atoms with Crippen molar-refractivity contribution in [2.24, 2.45) is 0 Å². The second kappa shape index (κ2) is 9.34. The molecule has 190 valence electrons. The summed E-state index contributed by atoms with van der Waals surface area (Å²) in [5, 5.41) is 0. The highest BCUT2D eigenvalue weighted by molar-refractivity contribution is 6.89. The standard InChI is InChI=1S/C29H41N5Si2/c1-18(2)22-16-21(27-31-28(35(6,7)8)33-29(32-27)36(9,10)11)17-23(19(3)4)26(22)34-20(5)30-24-14-12-13-15-25(24)34/h12-19H,1-11H3. The third kappa shape index (κ3) is 4.96. The minimum atomic E-state index is -1.72. The molecule has 4 aromatic rings. The first-order valence-corrected chi connectivity index (χ1v) is 20.1. The van der Waals surface area contributed by atoms with Gasteiger partial charge in [0.2, 0.25) is 0 Å². The van der Waals surface area contributed by atoms with E-state index in [9.17, 15) is 0 Å². The second-order valence-corrected chi connectivity index (χ2v) is 22.5. The minimum Gasteiger partial charge on any atom is -0.296 e. The number of hydrogen-bond donors (Lipinski definition) is 0. The Morgan fingerprint density at radius 2 is 1.19 bits per heavy atom. The Balaban J connectivity index is 2.06. The van der Waals surface area contributed by atoms with E-state index in [2.05, 4.69) is 115 Å². The molecular weight excluding hydrogens is 475 g/mol. The molecule has 0 saturated carbocycles. The molecular formula is C29H41N5Si2. The number of rotatable bonds is 6. The maximum absolute atomic E-state index is 5.09. The molecule has 0 bridgehead atoms. The van der Waals surface area contributed by atoms with Crippen molar-refractivity contribution in [2.75, 3.05) is 0 Å². The molecule has 2 aromatic heterocycles. The maximum atomic E-state index is 5.09. The molecule has 0 aliphatic rings. The number of imidazole rings is 1. The van der Waals surface area contributed by atoms with Crippen LogP contribution in [0.25, 0.3) is 28.1 Å². The zero-order valence-electron chi connectivity index (χ0n) is 23.9. The van der Waals surface area contributed by atoms with Crippen molar-refractivity contribution in [3.8, 4) is 17.1 Å². The Morgan fingerprint density at radius 1 is 0.694 bits per heavy atom. The van der Waals surface area contributed by atoms with Gasteiger partial charge in [0.1, 0.15) is 32.9 Å². The summed E-state index contributed by atoms with van der Waals surface area (Å²) in [4.78, 5) is 20.1. The molecule has 2 heterocycles. The Kier molecular flexibility index (Phi) is 6.85. The molecule has 4 rings (SSSR count). The number of para-hydroxylation sites is 2. The highest BCUT2D eigenvalue weighted by Gasteiger charge is 2.29. The molecule has 2 aromatic carbocycles. The molecule has 7 heteroatoms. The molecule has 0 unspecified atom stereocenters. The fraction of sp³-hybridized carbons (Fsp3) is 0.448. The van der Waals surface area contributed by atoms with Crippen LogP contribution >= 0.6 is 0 Å². The molecule has 0 aliphatic carbocycles. The molecule has 0 radical (unpaired) electrons. The van der Waals surface area contributed by atoms with Crippen LogP contribution in [0.2, 0.25) is 39.3 Å². The van der Waals surface area contributed by atoms with E-state index < -0.39 is 16.1 Å². The predicted molar refractivity (Wildman–Crippen MR) is 159 cm³/mol. The summed E-state index contributed by atoms with van der Waals surface area (Å²) >= 11 is 0. The average molecular weight is 516 g/mol. The van der Waals surface area contributed by atoms with Gasteiger partial charge >= 0.3 is 0 Å². The van der Waals surface area contributed by atoms with Crippen LogP contribution < -0.4 is 10.9 Å². The van der Waals surface area contributed by atoms with E-state index in [-0.39, 0.29) is 0 Å². The summed E-state index contributed by atoms with van der Waals surface area (Å²) in [6.45, 7) is 25.1. The predicted octanol–water partition coefficient (Wildman–Crippen LogP) is 6.52. The lowest BCUT2D eigenvalue weighted by Gasteiger charge is -2.24. The Bertz CT molecular complexity index is 1360. The monoisotopic (exact) mass is 515 g/mol. The van der Waals surface area contributed by atoms with E-state index in [1.54, 1.807) is 0 Å². The molecule has 0 fully saturated rings. The first-order valence-electron chi connectivity index (χ1n) is 13.1. The van der Waals surface area contributed by atoms with Gasteiger partial charge in [-0.05, 0) is 54.2 Å². The van der Waals surface area contributed by atoms with Gasteiger partial charge in [-0.1, -0.05) is 79.1 Å². The first-order chi connectivity index (χ1) is 16.7. The van der Waals surface area contributed by atoms with Crippen LogP contribution in [-0.4, -0.2) is 40.7 Å². The van der Waals surface area contributed by atoms with Crippen molar-refractivity contribution in [1.29, 1.82) is 0 Å². The van der Waals surface area contributed by atoms with E-state index >= 15 is 0 Å². The molecule has 5 nitrogen and oxygen atoms in total. The lowest BCUT2D eigenvalue weighted by Crippen LogP contribution is -2.52. The van der Waals surface area contributed by atoms with E-state index in [1.807, 2.05) is 0 Å². The smallest absolute Gasteiger partial charge is 0.162 e. The van der Waals surface area contributed by atoms with Crippen molar-refractivity contribution < 1.29 is 0 Å². The van der Waals surface area contributed by atoms with Crippen LogP contribution in [0, 0.1) is 6.92 Å². The van der Waals surface area contributed by atoms with Gasteiger partial charge in [-0.15, -0.1) is 0 Å². The molecule has 0 amide bonds. The lowest BCUT2D eigenvalue weighted by atomic mass is 9.89. The second-order valence-electron chi connectivity index (χ2n) is 12.6. The number of benzene rings is 2. The summed E-state index contributed by atoms with van der Waals surface area (Å²) in [5.41, 5.74) is 9.12. The fourth-order valence-corrected chi connectivity index (χ4v) is 6.43.